The first kappa shape index (κ1) is 24.8. The van der Waals surface area contributed by atoms with Crippen molar-refractivity contribution in [2.75, 3.05) is 44.2 Å². The zero-order chi connectivity index (χ0) is 18.4. The van der Waals surface area contributed by atoms with E-state index in [2.05, 4.69) is 80.3 Å². The van der Waals surface area contributed by atoms with E-state index in [9.17, 15) is 0 Å². The van der Waals surface area contributed by atoms with Crippen LogP contribution in [0.15, 0.2) is 54.6 Å². The van der Waals surface area contributed by atoms with Crippen molar-refractivity contribution >= 4 is 11.4 Å². The van der Waals surface area contributed by atoms with Crippen LogP contribution in [-0.4, -0.2) is 45.3 Å². The first-order valence-corrected chi connectivity index (χ1v) is 10.3. The first-order chi connectivity index (χ1) is 12.7. The van der Waals surface area contributed by atoms with E-state index in [1.807, 2.05) is 0 Å². The lowest BCUT2D eigenvalue weighted by molar-refractivity contribution is -1.000. The number of hydrogen-bond donors (Lipinski definition) is 2. The van der Waals surface area contributed by atoms with E-state index in [1.165, 1.54) is 49.5 Å². The van der Waals surface area contributed by atoms with Crippen molar-refractivity contribution in [1.29, 1.82) is 0 Å². The Morgan fingerprint density at radius 3 is 1.93 bits per heavy atom. The van der Waals surface area contributed by atoms with Gasteiger partial charge in [0.15, 0.2) is 0 Å². The summed E-state index contributed by atoms with van der Waals surface area (Å²) >= 11 is 0. The fraction of sp³-hybridized carbons (Fsp3) is 0.478. The molecule has 1 heterocycles. The third kappa shape index (κ3) is 6.38. The summed E-state index contributed by atoms with van der Waals surface area (Å²) in [4.78, 5) is 5.82. The molecule has 156 valence electrons. The van der Waals surface area contributed by atoms with E-state index in [4.69, 9.17) is 0 Å². The maximum Gasteiger partial charge on any atom is 0.132 e. The highest BCUT2D eigenvalue weighted by Gasteiger charge is 2.28. The molecular formula is C23H35Cl2N3. The molecule has 28 heavy (non-hydrogen) atoms. The Labute approximate surface area is 183 Å². The van der Waals surface area contributed by atoms with Gasteiger partial charge in [-0.25, -0.2) is 0 Å². The first-order valence-electron chi connectivity index (χ1n) is 10.3. The molecule has 0 spiro atoms. The Balaban J connectivity index is 0.00000196. The number of halogens is 2. The van der Waals surface area contributed by atoms with Crippen LogP contribution in [0.5, 0.6) is 0 Å². The number of benzene rings is 2. The van der Waals surface area contributed by atoms with Crippen molar-refractivity contribution in [2.45, 2.75) is 33.2 Å². The second-order valence-electron chi connectivity index (χ2n) is 7.57. The van der Waals surface area contributed by atoms with E-state index in [0.717, 1.165) is 13.1 Å². The van der Waals surface area contributed by atoms with Crippen LogP contribution in [0.25, 0.3) is 0 Å². The van der Waals surface area contributed by atoms with E-state index < -0.39 is 0 Å². The van der Waals surface area contributed by atoms with Crippen LogP contribution >= 0.6 is 0 Å². The van der Waals surface area contributed by atoms with Crippen LogP contribution < -0.4 is 39.5 Å². The van der Waals surface area contributed by atoms with Gasteiger partial charge in [0.2, 0.25) is 0 Å². The molecule has 0 bridgehead atoms. The molecule has 1 aliphatic heterocycles. The van der Waals surface area contributed by atoms with Crippen molar-refractivity contribution in [2.24, 2.45) is 0 Å². The van der Waals surface area contributed by atoms with E-state index in [0.29, 0.717) is 6.04 Å². The largest absolute Gasteiger partial charge is 1.00 e. The molecule has 0 aliphatic carbocycles. The fourth-order valence-electron chi connectivity index (χ4n) is 4.26. The van der Waals surface area contributed by atoms with Gasteiger partial charge in [-0.05, 0) is 38.5 Å². The summed E-state index contributed by atoms with van der Waals surface area (Å²) < 4.78 is 0. The van der Waals surface area contributed by atoms with Gasteiger partial charge in [-0.3, -0.25) is 4.90 Å². The van der Waals surface area contributed by atoms with Gasteiger partial charge in [0.25, 0.3) is 0 Å². The molecule has 0 aromatic heterocycles. The normalized spacial score (nSPS) is 19.8. The van der Waals surface area contributed by atoms with Gasteiger partial charge in [0.05, 0.1) is 6.04 Å². The van der Waals surface area contributed by atoms with Gasteiger partial charge in [-0.2, -0.15) is 0 Å². The van der Waals surface area contributed by atoms with E-state index in [1.54, 1.807) is 9.80 Å². The summed E-state index contributed by atoms with van der Waals surface area (Å²) in [5.74, 6) is 0. The highest BCUT2D eigenvalue weighted by Crippen LogP contribution is 2.15. The summed E-state index contributed by atoms with van der Waals surface area (Å²) in [6, 6.07) is 20.9. The van der Waals surface area contributed by atoms with E-state index >= 15 is 0 Å². The minimum Gasteiger partial charge on any atom is -1.00 e. The number of piperazine rings is 1. The minimum atomic E-state index is 0. The smallest absolute Gasteiger partial charge is 0.132 e. The topological polar surface area (TPSA) is 12.1 Å². The molecule has 0 saturated carbocycles. The van der Waals surface area contributed by atoms with Gasteiger partial charge in [0.1, 0.15) is 31.9 Å². The molecular weight excluding hydrogens is 389 g/mol. The van der Waals surface area contributed by atoms with Gasteiger partial charge in [-0.1, -0.05) is 30.3 Å². The fourth-order valence-corrected chi connectivity index (χ4v) is 4.26. The number of rotatable bonds is 7. The number of hydrogen-bond acceptors (Lipinski definition) is 1. The average molecular weight is 424 g/mol. The Hall–Kier alpha value is -1.26. The minimum absolute atomic E-state index is 0. The molecule has 1 fully saturated rings. The molecule has 2 aromatic rings. The highest BCUT2D eigenvalue weighted by molar-refractivity contribution is 5.50. The number of quaternary nitrogens is 2. The Morgan fingerprint density at radius 2 is 1.39 bits per heavy atom. The predicted molar refractivity (Wildman–Crippen MR) is 111 cm³/mol. The van der Waals surface area contributed by atoms with Crippen molar-refractivity contribution in [3.05, 3.63) is 60.2 Å². The van der Waals surface area contributed by atoms with Crippen molar-refractivity contribution in [1.82, 2.24) is 0 Å². The molecule has 0 amide bonds. The number of anilines is 1. The Morgan fingerprint density at radius 1 is 0.821 bits per heavy atom. The summed E-state index contributed by atoms with van der Waals surface area (Å²) in [7, 11) is 0. The van der Waals surface area contributed by atoms with Crippen LogP contribution in [0.3, 0.4) is 0 Å². The second-order valence-corrected chi connectivity index (χ2v) is 7.57. The lowest BCUT2D eigenvalue weighted by Gasteiger charge is -2.33. The Kier molecular flexibility index (Phi) is 10.9. The molecule has 1 atom stereocenters. The van der Waals surface area contributed by atoms with Crippen molar-refractivity contribution in [3.63, 3.8) is 0 Å². The molecule has 1 unspecified atom stereocenters. The molecule has 2 N–H and O–H groups in total. The number of nitrogens with one attached hydrogen (secondary N) is 2. The SMILES string of the molecule is CCN(CC)c1ccc([NH+]2CC[NH+](C(C)Cc3ccccc3)CC2)cc1.[Cl-].[Cl-]. The quantitative estimate of drug-likeness (QED) is 0.458. The highest BCUT2D eigenvalue weighted by atomic mass is 35.5. The van der Waals surface area contributed by atoms with Crippen LogP contribution in [0.1, 0.15) is 26.3 Å². The maximum atomic E-state index is 2.41. The monoisotopic (exact) mass is 423 g/mol. The zero-order valence-corrected chi connectivity index (χ0v) is 18.9. The molecule has 2 aromatic carbocycles. The summed E-state index contributed by atoms with van der Waals surface area (Å²) in [6.45, 7) is 14.0. The van der Waals surface area contributed by atoms with Crippen molar-refractivity contribution in [3.8, 4) is 0 Å². The third-order valence-electron chi connectivity index (χ3n) is 5.98. The summed E-state index contributed by atoms with van der Waals surface area (Å²) in [5, 5.41) is 0. The van der Waals surface area contributed by atoms with Gasteiger partial charge in [-0.15, -0.1) is 0 Å². The van der Waals surface area contributed by atoms with Crippen LogP contribution in [0.4, 0.5) is 11.4 Å². The second kappa shape index (κ2) is 12.3. The lowest BCUT2D eigenvalue weighted by Crippen LogP contribution is -3.28. The van der Waals surface area contributed by atoms with Crippen LogP contribution in [0.2, 0.25) is 0 Å². The molecule has 3 nitrogen and oxygen atoms in total. The summed E-state index contributed by atoms with van der Waals surface area (Å²) in [6.07, 6.45) is 1.18. The van der Waals surface area contributed by atoms with Crippen LogP contribution in [-0.2, 0) is 6.42 Å². The summed E-state index contributed by atoms with van der Waals surface area (Å²) in [5.41, 5.74) is 4.27. The average Bonchev–Trinajstić information content (AvgIpc) is 2.70. The molecule has 1 aliphatic rings. The maximum absolute atomic E-state index is 2.41. The molecule has 0 radical (unpaired) electrons. The van der Waals surface area contributed by atoms with Crippen molar-refractivity contribution < 1.29 is 34.6 Å². The molecule has 3 rings (SSSR count). The van der Waals surface area contributed by atoms with Gasteiger partial charge < -0.3 is 34.6 Å². The predicted octanol–water partition coefficient (Wildman–Crippen LogP) is -4.41. The van der Waals surface area contributed by atoms with Crippen LogP contribution in [0, 0.1) is 0 Å². The number of nitrogens with zero attached hydrogens (tertiary/aromatic N) is 1. The molecule has 1 saturated heterocycles. The zero-order valence-electron chi connectivity index (χ0n) is 17.4. The van der Waals surface area contributed by atoms with Gasteiger partial charge in [0, 0.05) is 37.3 Å². The standard InChI is InChI=1S/C23H33N3.2ClH/c1-4-24(5-2)22-11-13-23(14-12-22)26-17-15-25(16-18-26)20(3)19-21-9-7-6-8-10-21;;/h6-14,20H,4-5,15-19H2,1-3H3;2*1H. The molecule has 5 heteroatoms. The lowest BCUT2D eigenvalue weighted by atomic mass is 10.1. The van der Waals surface area contributed by atoms with Gasteiger partial charge >= 0.3 is 0 Å². The Bertz CT molecular complexity index is 651. The van der Waals surface area contributed by atoms with E-state index in [-0.39, 0.29) is 24.8 Å². The third-order valence-corrected chi connectivity index (χ3v) is 5.98.